The van der Waals surface area contributed by atoms with Gasteiger partial charge in [0.2, 0.25) is 0 Å². The average Bonchev–Trinajstić information content (AvgIpc) is 2.78. The number of aromatic nitrogens is 2. The number of hydrogen-bond donors (Lipinski definition) is 0. The van der Waals surface area contributed by atoms with Crippen molar-refractivity contribution >= 4 is 11.6 Å². The van der Waals surface area contributed by atoms with Gasteiger partial charge in [0.1, 0.15) is 29.5 Å². The second-order valence-corrected chi connectivity index (χ2v) is 6.78. The predicted octanol–water partition coefficient (Wildman–Crippen LogP) is 3.92. The van der Waals surface area contributed by atoms with Crippen LogP contribution in [0.5, 0.6) is 17.2 Å². The molecule has 0 saturated carbocycles. The third-order valence-corrected chi connectivity index (χ3v) is 4.47. The number of nitrogens with zero attached hydrogens (tertiary/aromatic N) is 2. The van der Waals surface area contributed by atoms with Crippen molar-refractivity contribution in [3.8, 4) is 17.2 Å². The molecule has 7 heteroatoms. The van der Waals surface area contributed by atoms with Crippen LogP contribution in [0.3, 0.4) is 0 Å². The van der Waals surface area contributed by atoms with Gasteiger partial charge in [-0.3, -0.25) is 9.20 Å². The van der Waals surface area contributed by atoms with Gasteiger partial charge in [-0.2, -0.15) is 0 Å². The van der Waals surface area contributed by atoms with E-state index in [0.717, 1.165) is 11.4 Å². The number of hydrogen-bond acceptors (Lipinski definition) is 6. The zero-order chi connectivity index (χ0) is 21.6. The molecular weight excluding hydrogens is 396 g/mol. The Morgan fingerprint density at radius 2 is 1.61 bits per heavy atom. The highest BCUT2D eigenvalue weighted by Crippen LogP contribution is 2.23. The number of benzene rings is 2. The summed E-state index contributed by atoms with van der Waals surface area (Å²) in [5.74, 6) is 1.34. The Morgan fingerprint density at radius 3 is 2.39 bits per heavy atom. The lowest BCUT2D eigenvalue weighted by Gasteiger charge is -2.09. The molecule has 0 unspecified atom stereocenters. The lowest BCUT2D eigenvalue weighted by atomic mass is 10.3. The molecule has 0 aliphatic rings. The summed E-state index contributed by atoms with van der Waals surface area (Å²) in [4.78, 5) is 28.6. The third-order valence-electron chi connectivity index (χ3n) is 4.47. The highest BCUT2D eigenvalue weighted by Gasteiger charge is 2.09. The summed E-state index contributed by atoms with van der Waals surface area (Å²) >= 11 is 0. The van der Waals surface area contributed by atoms with E-state index in [-0.39, 0.29) is 18.8 Å². The maximum absolute atomic E-state index is 12.3. The maximum Gasteiger partial charge on any atom is 0.344 e. The molecule has 2 heterocycles. The highest BCUT2D eigenvalue weighted by atomic mass is 16.6. The van der Waals surface area contributed by atoms with Crippen LogP contribution in [0.4, 0.5) is 0 Å². The van der Waals surface area contributed by atoms with Crippen molar-refractivity contribution in [3.05, 3.63) is 101 Å². The fraction of sp³-hybridized carbons (Fsp3) is 0.125. The van der Waals surface area contributed by atoms with Crippen LogP contribution in [-0.4, -0.2) is 22.0 Å². The number of esters is 1. The summed E-state index contributed by atoms with van der Waals surface area (Å²) in [7, 11) is 0. The molecule has 0 amide bonds. The number of rotatable bonds is 7. The van der Waals surface area contributed by atoms with Crippen molar-refractivity contribution in [2.24, 2.45) is 0 Å². The molecule has 2 aromatic heterocycles. The van der Waals surface area contributed by atoms with Gasteiger partial charge in [0.25, 0.3) is 5.56 Å². The molecule has 0 aliphatic heterocycles. The topological polar surface area (TPSA) is 79.1 Å². The minimum Gasteiger partial charge on any atom is -0.482 e. The Hall–Kier alpha value is -4.13. The number of ether oxygens (including phenoxy) is 3. The average molecular weight is 416 g/mol. The summed E-state index contributed by atoms with van der Waals surface area (Å²) in [5.41, 5.74) is 1.45. The highest BCUT2D eigenvalue weighted by molar-refractivity contribution is 5.71. The number of carbonyl (C=O) groups is 1. The van der Waals surface area contributed by atoms with Gasteiger partial charge in [-0.1, -0.05) is 24.3 Å². The van der Waals surface area contributed by atoms with Gasteiger partial charge in [-0.05, 0) is 55.5 Å². The standard InChI is InChI=1S/C24H20N2O5/c1-17-6-5-9-22-25-18(14-23(27)26(17)22)15-30-24(28)16-29-19-10-12-21(13-11-19)31-20-7-3-2-4-8-20/h2-14H,15-16H2,1H3. The largest absolute Gasteiger partial charge is 0.482 e. The van der Waals surface area contributed by atoms with Crippen LogP contribution in [0.15, 0.2) is 83.7 Å². The zero-order valence-corrected chi connectivity index (χ0v) is 16.9. The van der Waals surface area contributed by atoms with E-state index in [1.54, 1.807) is 30.3 Å². The molecule has 0 N–H and O–H groups in total. The lowest BCUT2D eigenvalue weighted by molar-refractivity contribution is -0.147. The van der Waals surface area contributed by atoms with Crippen LogP contribution >= 0.6 is 0 Å². The van der Waals surface area contributed by atoms with Gasteiger partial charge in [0.15, 0.2) is 6.61 Å². The fourth-order valence-electron chi connectivity index (χ4n) is 3.00. The third kappa shape index (κ3) is 5.08. The first-order valence-corrected chi connectivity index (χ1v) is 9.68. The van der Waals surface area contributed by atoms with Crippen LogP contribution in [-0.2, 0) is 16.1 Å². The van der Waals surface area contributed by atoms with E-state index in [1.165, 1.54) is 10.5 Å². The quantitative estimate of drug-likeness (QED) is 0.425. The molecule has 0 aliphatic carbocycles. The molecule has 7 nitrogen and oxygen atoms in total. The van der Waals surface area contributed by atoms with E-state index in [0.29, 0.717) is 22.8 Å². The Labute approximate surface area is 178 Å². The Morgan fingerprint density at radius 1 is 0.903 bits per heavy atom. The smallest absolute Gasteiger partial charge is 0.344 e. The van der Waals surface area contributed by atoms with Gasteiger partial charge < -0.3 is 14.2 Å². The minimum absolute atomic E-state index is 0.105. The van der Waals surface area contributed by atoms with E-state index >= 15 is 0 Å². The zero-order valence-electron chi connectivity index (χ0n) is 16.9. The molecule has 0 saturated heterocycles. The summed E-state index contributed by atoms with van der Waals surface area (Å²) in [6.07, 6.45) is 0. The van der Waals surface area contributed by atoms with Crippen molar-refractivity contribution in [2.75, 3.05) is 6.61 Å². The van der Waals surface area contributed by atoms with Crippen LogP contribution < -0.4 is 15.0 Å². The summed E-state index contributed by atoms with van der Waals surface area (Å²) < 4.78 is 17.9. The van der Waals surface area contributed by atoms with Crippen molar-refractivity contribution in [1.29, 1.82) is 0 Å². The van der Waals surface area contributed by atoms with Crippen LogP contribution in [0.25, 0.3) is 5.65 Å². The van der Waals surface area contributed by atoms with Gasteiger partial charge in [0, 0.05) is 11.8 Å². The second kappa shape index (κ2) is 9.13. The fourth-order valence-corrected chi connectivity index (χ4v) is 3.00. The molecule has 0 fully saturated rings. The number of carbonyl (C=O) groups excluding carboxylic acids is 1. The van der Waals surface area contributed by atoms with E-state index in [9.17, 15) is 9.59 Å². The molecule has 0 radical (unpaired) electrons. The van der Waals surface area contributed by atoms with Crippen molar-refractivity contribution < 1.29 is 19.0 Å². The number of pyridine rings is 1. The monoisotopic (exact) mass is 416 g/mol. The number of fused-ring (bicyclic) bond motifs is 1. The molecular formula is C24H20N2O5. The first kappa shape index (κ1) is 20.2. The molecule has 0 bridgehead atoms. The number of para-hydroxylation sites is 1. The molecule has 4 aromatic rings. The number of aryl methyl sites for hydroxylation is 1. The molecule has 0 spiro atoms. The summed E-state index contributed by atoms with van der Waals surface area (Å²) in [5, 5.41) is 0. The van der Waals surface area contributed by atoms with Gasteiger partial charge in [-0.25, -0.2) is 9.78 Å². The van der Waals surface area contributed by atoms with Crippen LogP contribution in [0, 0.1) is 6.92 Å². The SMILES string of the molecule is Cc1cccc2nc(COC(=O)COc3ccc(Oc4ccccc4)cc3)cc(=O)n12. The van der Waals surface area contributed by atoms with Crippen LogP contribution in [0.2, 0.25) is 0 Å². The van der Waals surface area contributed by atoms with Gasteiger partial charge in [0.05, 0.1) is 5.69 Å². The normalized spacial score (nSPS) is 10.6. The molecule has 4 rings (SSSR count). The van der Waals surface area contributed by atoms with E-state index < -0.39 is 5.97 Å². The van der Waals surface area contributed by atoms with E-state index in [4.69, 9.17) is 14.2 Å². The molecule has 156 valence electrons. The van der Waals surface area contributed by atoms with Crippen LogP contribution in [0.1, 0.15) is 11.4 Å². The van der Waals surface area contributed by atoms with Crippen molar-refractivity contribution in [1.82, 2.24) is 9.38 Å². The first-order valence-electron chi connectivity index (χ1n) is 9.68. The van der Waals surface area contributed by atoms with Gasteiger partial charge >= 0.3 is 5.97 Å². The Kier molecular flexibility index (Phi) is 5.93. The lowest BCUT2D eigenvalue weighted by Crippen LogP contribution is -2.19. The minimum atomic E-state index is -0.559. The Bertz CT molecular complexity index is 1250. The predicted molar refractivity (Wildman–Crippen MR) is 114 cm³/mol. The summed E-state index contributed by atoms with van der Waals surface area (Å²) in [6, 6.07) is 23.1. The van der Waals surface area contributed by atoms with Crippen molar-refractivity contribution in [3.63, 3.8) is 0 Å². The maximum atomic E-state index is 12.3. The molecule has 0 atom stereocenters. The van der Waals surface area contributed by atoms with E-state index in [1.807, 2.05) is 49.4 Å². The second-order valence-electron chi connectivity index (χ2n) is 6.78. The van der Waals surface area contributed by atoms with E-state index in [2.05, 4.69) is 4.98 Å². The molecule has 31 heavy (non-hydrogen) atoms. The molecule has 2 aromatic carbocycles. The summed E-state index contributed by atoms with van der Waals surface area (Å²) in [6.45, 7) is 1.46. The first-order chi connectivity index (χ1) is 15.1. The Balaban J connectivity index is 1.29. The van der Waals surface area contributed by atoms with Gasteiger partial charge in [-0.15, -0.1) is 0 Å². The van der Waals surface area contributed by atoms with Crippen molar-refractivity contribution in [2.45, 2.75) is 13.5 Å².